The van der Waals surface area contributed by atoms with E-state index in [-0.39, 0.29) is 5.69 Å². The Balaban J connectivity index is 2.46. The van der Waals surface area contributed by atoms with Gasteiger partial charge in [0.25, 0.3) is 5.91 Å². The van der Waals surface area contributed by atoms with Crippen LogP contribution in [0, 0.1) is 0 Å². The molecule has 0 radical (unpaired) electrons. The summed E-state index contributed by atoms with van der Waals surface area (Å²) >= 11 is 11.8. The second kappa shape index (κ2) is 4.15. The molecule has 82 valence electrons. The lowest BCUT2D eigenvalue weighted by molar-refractivity contribution is 0.0995. The van der Waals surface area contributed by atoms with Gasteiger partial charge in [0.1, 0.15) is 5.69 Å². The minimum atomic E-state index is -0.566. The van der Waals surface area contributed by atoms with Crippen LogP contribution in [0.25, 0.3) is 11.3 Å². The summed E-state index contributed by atoms with van der Waals surface area (Å²) in [6, 6.07) is 6.57. The van der Waals surface area contributed by atoms with Crippen LogP contribution in [0.2, 0.25) is 10.0 Å². The highest BCUT2D eigenvalue weighted by atomic mass is 35.5. The molecule has 4 nitrogen and oxygen atoms in total. The van der Waals surface area contributed by atoms with Gasteiger partial charge in [-0.05, 0) is 24.3 Å². The molecule has 6 heteroatoms. The molecular weight excluding hydrogens is 249 g/mol. The van der Waals surface area contributed by atoms with Crippen molar-refractivity contribution in [3.8, 4) is 11.3 Å². The number of benzene rings is 1. The number of hydrogen-bond donors (Lipinski definition) is 2. The Hall–Kier alpha value is -1.52. The molecule has 0 bridgehead atoms. The van der Waals surface area contributed by atoms with Crippen LogP contribution in [0.5, 0.6) is 0 Å². The highest BCUT2D eigenvalue weighted by Crippen LogP contribution is 2.29. The van der Waals surface area contributed by atoms with Crippen LogP contribution in [-0.2, 0) is 0 Å². The molecule has 0 unspecified atom stereocenters. The summed E-state index contributed by atoms with van der Waals surface area (Å²) in [7, 11) is 0. The number of aromatic amines is 1. The Bertz CT molecular complexity index is 551. The zero-order valence-corrected chi connectivity index (χ0v) is 9.51. The van der Waals surface area contributed by atoms with E-state index in [1.165, 1.54) is 6.07 Å². The van der Waals surface area contributed by atoms with Gasteiger partial charge in [0.05, 0.1) is 10.7 Å². The Morgan fingerprint density at radius 3 is 2.62 bits per heavy atom. The molecule has 0 saturated heterocycles. The molecule has 0 spiro atoms. The Morgan fingerprint density at radius 2 is 2.06 bits per heavy atom. The Morgan fingerprint density at radius 1 is 1.31 bits per heavy atom. The molecule has 2 aromatic rings. The summed E-state index contributed by atoms with van der Waals surface area (Å²) in [6.45, 7) is 0. The van der Waals surface area contributed by atoms with Gasteiger partial charge < -0.3 is 5.73 Å². The summed E-state index contributed by atoms with van der Waals surface area (Å²) in [5.74, 6) is -0.566. The molecule has 3 N–H and O–H groups in total. The molecule has 1 amide bonds. The number of nitrogens with two attached hydrogens (primary N) is 1. The van der Waals surface area contributed by atoms with Crippen molar-refractivity contribution in [2.24, 2.45) is 5.73 Å². The first-order valence-corrected chi connectivity index (χ1v) is 5.14. The number of H-pyrrole nitrogens is 1. The third-order valence-electron chi connectivity index (χ3n) is 2.05. The fourth-order valence-corrected chi connectivity index (χ4v) is 1.79. The number of halogens is 2. The monoisotopic (exact) mass is 255 g/mol. The van der Waals surface area contributed by atoms with Crippen molar-refractivity contribution in [2.75, 3.05) is 0 Å². The first kappa shape index (κ1) is 11.0. The molecule has 1 aromatic heterocycles. The first-order valence-electron chi connectivity index (χ1n) is 4.38. The van der Waals surface area contributed by atoms with E-state index in [9.17, 15) is 4.79 Å². The van der Waals surface area contributed by atoms with Crippen molar-refractivity contribution in [3.63, 3.8) is 0 Å². The van der Waals surface area contributed by atoms with E-state index in [1.54, 1.807) is 18.2 Å². The number of amides is 1. The molecule has 0 aliphatic heterocycles. The van der Waals surface area contributed by atoms with Gasteiger partial charge in [0, 0.05) is 10.6 Å². The van der Waals surface area contributed by atoms with E-state index in [2.05, 4.69) is 10.2 Å². The van der Waals surface area contributed by atoms with Gasteiger partial charge in [-0.15, -0.1) is 0 Å². The molecule has 0 aliphatic rings. The number of carbonyl (C=O) groups excluding carboxylic acids is 1. The molecular formula is C10H7Cl2N3O. The molecule has 0 fully saturated rings. The van der Waals surface area contributed by atoms with Crippen molar-refractivity contribution < 1.29 is 4.79 Å². The van der Waals surface area contributed by atoms with Crippen LogP contribution in [-0.4, -0.2) is 16.1 Å². The zero-order valence-electron chi connectivity index (χ0n) is 8.00. The topological polar surface area (TPSA) is 71.8 Å². The van der Waals surface area contributed by atoms with Gasteiger partial charge in [0.15, 0.2) is 0 Å². The Kier molecular flexibility index (Phi) is 2.85. The molecule has 16 heavy (non-hydrogen) atoms. The predicted octanol–water partition coefficient (Wildman–Crippen LogP) is 2.48. The molecule has 0 atom stereocenters. The van der Waals surface area contributed by atoms with E-state index in [4.69, 9.17) is 28.9 Å². The van der Waals surface area contributed by atoms with Gasteiger partial charge in [-0.1, -0.05) is 23.2 Å². The molecule has 2 rings (SSSR count). The fraction of sp³-hybridized carbons (Fsp3) is 0. The summed E-state index contributed by atoms with van der Waals surface area (Å²) in [5, 5.41) is 7.48. The van der Waals surface area contributed by atoms with E-state index in [0.29, 0.717) is 21.3 Å². The van der Waals surface area contributed by atoms with Gasteiger partial charge in [-0.3, -0.25) is 9.89 Å². The van der Waals surface area contributed by atoms with E-state index < -0.39 is 5.91 Å². The zero-order chi connectivity index (χ0) is 11.7. The first-order chi connectivity index (χ1) is 7.58. The molecule has 0 saturated carbocycles. The van der Waals surface area contributed by atoms with E-state index >= 15 is 0 Å². The van der Waals surface area contributed by atoms with Gasteiger partial charge in [-0.25, -0.2) is 0 Å². The summed E-state index contributed by atoms with van der Waals surface area (Å²) in [4.78, 5) is 10.9. The van der Waals surface area contributed by atoms with Crippen LogP contribution in [0.15, 0.2) is 24.3 Å². The smallest absolute Gasteiger partial charge is 0.266 e. The second-order valence-corrected chi connectivity index (χ2v) is 4.00. The largest absolute Gasteiger partial charge is 0.364 e. The summed E-state index contributed by atoms with van der Waals surface area (Å²) in [6.07, 6.45) is 0. The van der Waals surface area contributed by atoms with Crippen LogP contribution < -0.4 is 5.73 Å². The van der Waals surface area contributed by atoms with Crippen molar-refractivity contribution in [1.82, 2.24) is 10.2 Å². The van der Waals surface area contributed by atoms with Crippen molar-refractivity contribution >= 4 is 29.1 Å². The average molecular weight is 256 g/mol. The van der Waals surface area contributed by atoms with E-state index in [1.807, 2.05) is 0 Å². The van der Waals surface area contributed by atoms with Crippen LogP contribution in [0.4, 0.5) is 0 Å². The summed E-state index contributed by atoms with van der Waals surface area (Å²) < 4.78 is 0. The molecule has 1 aromatic carbocycles. The fourth-order valence-electron chi connectivity index (χ4n) is 1.28. The SMILES string of the molecule is NC(=O)c1cc(-c2ccc(Cl)cc2Cl)n[nH]1. The highest BCUT2D eigenvalue weighted by molar-refractivity contribution is 6.36. The predicted molar refractivity (Wildman–Crippen MR) is 62.6 cm³/mol. The summed E-state index contributed by atoms with van der Waals surface area (Å²) in [5.41, 5.74) is 6.58. The minimum Gasteiger partial charge on any atom is -0.364 e. The number of rotatable bonds is 2. The van der Waals surface area contributed by atoms with Gasteiger partial charge >= 0.3 is 0 Å². The third-order valence-corrected chi connectivity index (χ3v) is 2.60. The third kappa shape index (κ3) is 2.03. The van der Waals surface area contributed by atoms with Crippen molar-refractivity contribution in [1.29, 1.82) is 0 Å². The highest BCUT2D eigenvalue weighted by Gasteiger charge is 2.10. The lowest BCUT2D eigenvalue weighted by Crippen LogP contribution is -2.10. The number of nitrogens with zero attached hydrogens (tertiary/aromatic N) is 1. The number of primary amides is 1. The Labute approximate surface area is 101 Å². The van der Waals surface area contributed by atoms with Crippen LogP contribution in [0.1, 0.15) is 10.5 Å². The van der Waals surface area contributed by atoms with Crippen molar-refractivity contribution in [3.05, 3.63) is 40.0 Å². The van der Waals surface area contributed by atoms with Crippen LogP contribution in [0.3, 0.4) is 0 Å². The lowest BCUT2D eigenvalue weighted by Gasteiger charge is -1.99. The minimum absolute atomic E-state index is 0.237. The van der Waals surface area contributed by atoms with E-state index in [0.717, 1.165) is 0 Å². The number of carbonyl (C=O) groups is 1. The van der Waals surface area contributed by atoms with Crippen molar-refractivity contribution in [2.45, 2.75) is 0 Å². The number of aromatic nitrogens is 2. The maximum atomic E-state index is 10.9. The average Bonchev–Trinajstić information content (AvgIpc) is 2.66. The lowest BCUT2D eigenvalue weighted by atomic mass is 10.1. The van der Waals surface area contributed by atoms with Gasteiger partial charge in [-0.2, -0.15) is 5.10 Å². The maximum absolute atomic E-state index is 10.9. The maximum Gasteiger partial charge on any atom is 0.266 e. The quantitative estimate of drug-likeness (QED) is 0.866. The van der Waals surface area contributed by atoms with Gasteiger partial charge in [0.2, 0.25) is 0 Å². The normalized spacial score (nSPS) is 10.4. The second-order valence-electron chi connectivity index (χ2n) is 3.16. The molecule has 1 heterocycles. The standard InChI is InChI=1S/C10H7Cl2N3O/c11-5-1-2-6(7(12)3-5)8-4-9(10(13)16)15-14-8/h1-4H,(H2,13,16)(H,14,15). The number of hydrogen-bond acceptors (Lipinski definition) is 2. The molecule has 0 aliphatic carbocycles. The van der Waals surface area contributed by atoms with Crippen LogP contribution >= 0.6 is 23.2 Å². The number of nitrogens with one attached hydrogen (secondary N) is 1.